The van der Waals surface area contributed by atoms with Crippen molar-refractivity contribution < 1.29 is 44.0 Å². The normalized spacial score (nSPS) is 10.4. The van der Waals surface area contributed by atoms with Crippen LogP contribution >= 0.6 is 0 Å². The van der Waals surface area contributed by atoms with Crippen LogP contribution in [-0.2, 0) is 10.1 Å². The molecule has 0 radical (unpaired) electrons. The molecular weight excluding hydrogens is 211 g/mol. The predicted octanol–water partition coefficient (Wildman–Crippen LogP) is -0.917. The average molecular weight is 222 g/mol. The van der Waals surface area contributed by atoms with Crippen LogP contribution in [0.4, 0.5) is 0 Å². The molecule has 0 bridgehead atoms. The minimum Gasteiger partial charge on any atom is -1.00 e. The zero-order valence-corrected chi connectivity index (χ0v) is 11.0. The van der Waals surface area contributed by atoms with Crippen molar-refractivity contribution in [3.63, 3.8) is 0 Å². The Morgan fingerprint density at radius 2 is 1.93 bits per heavy atom. The fraction of sp³-hybridized carbons (Fsp3) is 0.111. The summed E-state index contributed by atoms with van der Waals surface area (Å²) in [5, 5.41) is 0. The van der Waals surface area contributed by atoms with E-state index in [1.165, 1.54) is 6.07 Å². The molecule has 1 aromatic carbocycles. The van der Waals surface area contributed by atoms with Gasteiger partial charge in [-0.05, 0) is 24.1 Å². The van der Waals surface area contributed by atoms with Crippen LogP contribution in [-0.4, -0.2) is 13.0 Å². The van der Waals surface area contributed by atoms with E-state index in [9.17, 15) is 8.42 Å². The van der Waals surface area contributed by atoms with E-state index in [2.05, 4.69) is 6.58 Å². The van der Waals surface area contributed by atoms with Crippen LogP contribution in [0.2, 0.25) is 0 Å². The first-order valence-corrected chi connectivity index (χ1v) is 5.09. The fourth-order valence-corrected chi connectivity index (χ4v) is 1.81. The van der Waals surface area contributed by atoms with Crippen LogP contribution in [0.15, 0.2) is 35.7 Å². The second kappa shape index (κ2) is 5.09. The monoisotopic (exact) mass is 222 g/mol. The quantitative estimate of drug-likeness (QED) is 0.520. The van der Waals surface area contributed by atoms with Crippen molar-refractivity contribution in [2.45, 2.75) is 11.8 Å². The summed E-state index contributed by atoms with van der Waals surface area (Å²) in [5.74, 6) is 0. The molecule has 0 saturated carbocycles. The van der Waals surface area contributed by atoms with Crippen LogP contribution in [0.3, 0.4) is 0 Å². The molecule has 0 aliphatic heterocycles. The molecule has 0 saturated heterocycles. The van der Waals surface area contributed by atoms with Gasteiger partial charge in [-0.25, -0.2) is 0 Å². The average Bonchev–Trinajstić information content (AvgIpc) is 2.03. The molecule has 0 aliphatic rings. The number of hydrogen-bond donors (Lipinski definition) is 1. The van der Waals surface area contributed by atoms with Crippen molar-refractivity contribution in [1.29, 1.82) is 0 Å². The molecule has 72 valence electrons. The first-order chi connectivity index (χ1) is 5.93. The van der Waals surface area contributed by atoms with Crippen molar-refractivity contribution in [2.75, 3.05) is 0 Å². The molecule has 0 unspecified atom stereocenters. The summed E-state index contributed by atoms with van der Waals surface area (Å²) in [5.41, 5.74) is 1.05. The molecule has 0 amide bonds. The van der Waals surface area contributed by atoms with Gasteiger partial charge in [0.05, 0.1) is 0 Å². The van der Waals surface area contributed by atoms with Gasteiger partial charge in [0.15, 0.2) is 0 Å². The zero-order valence-electron chi connectivity index (χ0n) is 9.19. The molecule has 5 heteroatoms. The Morgan fingerprint density at radius 1 is 1.43 bits per heavy atom. The van der Waals surface area contributed by atoms with Crippen LogP contribution in [0, 0.1) is 0 Å². The second-order valence-electron chi connectivity index (χ2n) is 2.75. The first kappa shape index (κ1) is 13.9. The zero-order chi connectivity index (χ0) is 10.1. The van der Waals surface area contributed by atoms with E-state index in [1.807, 2.05) is 0 Å². The Kier molecular flexibility index (Phi) is 5.05. The molecule has 3 nitrogen and oxygen atoms in total. The second-order valence-corrected chi connectivity index (χ2v) is 4.14. The minimum atomic E-state index is -4.14. The molecular formula is C9H11NaO3S. The number of hydrogen-bond acceptors (Lipinski definition) is 2. The largest absolute Gasteiger partial charge is 1.00 e. The molecule has 14 heavy (non-hydrogen) atoms. The topological polar surface area (TPSA) is 54.4 Å². The van der Waals surface area contributed by atoms with Crippen LogP contribution < -0.4 is 29.6 Å². The van der Waals surface area contributed by atoms with E-state index in [-0.39, 0.29) is 35.9 Å². The van der Waals surface area contributed by atoms with E-state index in [0.29, 0.717) is 11.1 Å². The number of benzene rings is 1. The molecule has 1 N–H and O–H groups in total. The Morgan fingerprint density at radius 3 is 2.29 bits per heavy atom. The fourth-order valence-electron chi connectivity index (χ4n) is 1.04. The number of allylic oxidation sites excluding steroid dienone is 1. The first-order valence-electron chi connectivity index (χ1n) is 3.65. The van der Waals surface area contributed by atoms with Crippen LogP contribution in [0.1, 0.15) is 13.9 Å². The summed E-state index contributed by atoms with van der Waals surface area (Å²) < 4.78 is 30.6. The molecule has 0 heterocycles. The van der Waals surface area contributed by atoms with Gasteiger partial charge in [0.25, 0.3) is 10.1 Å². The van der Waals surface area contributed by atoms with Gasteiger partial charge < -0.3 is 1.43 Å². The summed E-state index contributed by atoms with van der Waals surface area (Å²) in [4.78, 5) is -0.0949. The predicted molar refractivity (Wildman–Crippen MR) is 52.1 cm³/mol. The Bertz CT molecular complexity index is 442. The van der Waals surface area contributed by atoms with Gasteiger partial charge in [0.1, 0.15) is 4.90 Å². The molecule has 1 rings (SSSR count). The Balaban J connectivity index is 0. The molecule has 0 aliphatic carbocycles. The standard InChI is InChI=1S/C9H10O3S.Na.H/c1-7(2)8-5-3-4-6-9(8)13(10,11)12;;/h3-6H,1H2,2H3,(H,10,11,12);;/q;+1;-1. The third-order valence-electron chi connectivity index (χ3n) is 1.62. The summed E-state index contributed by atoms with van der Waals surface area (Å²) in [6, 6.07) is 6.19. The maximum atomic E-state index is 10.9. The SMILES string of the molecule is C=C(C)c1ccccc1S(=O)(=O)O.[H-].[Na+]. The Labute approximate surface area is 107 Å². The summed E-state index contributed by atoms with van der Waals surface area (Å²) in [6.07, 6.45) is 0. The van der Waals surface area contributed by atoms with Crippen LogP contribution in [0.25, 0.3) is 5.57 Å². The van der Waals surface area contributed by atoms with Crippen LogP contribution in [0.5, 0.6) is 0 Å². The molecule has 0 atom stereocenters. The minimum absolute atomic E-state index is 0. The van der Waals surface area contributed by atoms with Gasteiger partial charge in [-0.15, -0.1) is 0 Å². The Hall–Kier alpha value is -0.130. The van der Waals surface area contributed by atoms with E-state index in [0.717, 1.165) is 0 Å². The third kappa shape index (κ3) is 3.22. The van der Waals surface area contributed by atoms with Gasteiger partial charge in [-0.2, -0.15) is 8.42 Å². The maximum absolute atomic E-state index is 10.9. The maximum Gasteiger partial charge on any atom is 1.00 e. The van der Waals surface area contributed by atoms with E-state index >= 15 is 0 Å². The van der Waals surface area contributed by atoms with Crippen molar-refractivity contribution in [1.82, 2.24) is 0 Å². The van der Waals surface area contributed by atoms with Crippen molar-refractivity contribution in [3.05, 3.63) is 36.4 Å². The van der Waals surface area contributed by atoms with Crippen molar-refractivity contribution in [3.8, 4) is 0 Å². The van der Waals surface area contributed by atoms with Gasteiger partial charge in [-0.1, -0.05) is 24.8 Å². The van der Waals surface area contributed by atoms with Crippen molar-refractivity contribution >= 4 is 15.7 Å². The summed E-state index contributed by atoms with van der Waals surface area (Å²) in [6.45, 7) is 5.31. The van der Waals surface area contributed by atoms with Gasteiger partial charge >= 0.3 is 29.6 Å². The number of rotatable bonds is 2. The summed E-state index contributed by atoms with van der Waals surface area (Å²) in [7, 11) is -4.14. The van der Waals surface area contributed by atoms with E-state index in [1.54, 1.807) is 25.1 Å². The van der Waals surface area contributed by atoms with Gasteiger partial charge in [0.2, 0.25) is 0 Å². The molecule has 1 aromatic rings. The third-order valence-corrected chi connectivity index (χ3v) is 2.54. The molecule has 0 aromatic heterocycles. The van der Waals surface area contributed by atoms with E-state index in [4.69, 9.17) is 4.55 Å². The molecule has 0 fully saturated rings. The van der Waals surface area contributed by atoms with Gasteiger partial charge in [-0.3, -0.25) is 4.55 Å². The summed E-state index contributed by atoms with van der Waals surface area (Å²) >= 11 is 0. The smallest absolute Gasteiger partial charge is 1.00 e. The van der Waals surface area contributed by atoms with E-state index < -0.39 is 10.1 Å². The van der Waals surface area contributed by atoms with Gasteiger partial charge in [0, 0.05) is 0 Å². The van der Waals surface area contributed by atoms with Crippen molar-refractivity contribution in [2.24, 2.45) is 0 Å². The molecule has 0 spiro atoms.